The summed E-state index contributed by atoms with van der Waals surface area (Å²) in [5.74, 6) is -1.04. The van der Waals surface area contributed by atoms with Crippen molar-refractivity contribution in [2.75, 3.05) is 17.4 Å². The van der Waals surface area contributed by atoms with Crippen LogP contribution in [0.4, 0.5) is 10.1 Å². The van der Waals surface area contributed by atoms with E-state index in [-0.39, 0.29) is 10.6 Å². The maximum atomic E-state index is 13.5. The Bertz CT molecular complexity index is 779. The first-order valence-electron chi connectivity index (χ1n) is 7.05. The number of halogens is 1. The molecule has 0 saturated carbocycles. The van der Waals surface area contributed by atoms with E-state index in [2.05, 4.69) is 5.32 Å². The van der Waals surface area contributed by atoms with Crippen LogP contribution < -0.4 is 9.62 Å². The van der Waals surface area contributed by atoms with Gasteiger partial charge in [0.15, 0.2) is 0 Å². The number of nitrogens with zero attached hydrogens (tertiary/aromatic N) is 1. The zero-order valence-electron chi connectivity index (χ0n) is 12.6. The molecule has 2 aromatic rings. The molecule has 0 atom stereocenters. The number of likely N-dealkylation sites (N-methyl/N-ethyl adjacent to an activating group) is 1. The van der Waals surface area contributed by atoms with E-state index >= 15 is 0 Å². The molecule has 1 amide bonds. The summed E-state index contributed by atoms with van der Waals surface area (Å²) in [4.78, 5) is 11.9. The van der Waals surface area contributed by atoms with Crippen LogP contribution in [0.5, 0.6) is 0 Å². The molecule has 0 saturated heterocycles. The average molecular weight is 336 g/mol. The van der Waals surface area contributed by atoms with Gasteiger partial charge in [-0.25, -0.2) is 12.8 Å². The standard InChI is InChI=1S/C16H17FN2O3S/c1-2-18-16(20)12-19(14-8-6-7-13(17)11-14)23(21,22)15-9-4-3-5-10-15/h3-11H,2,12H2,1H3,(H,18,20). The normalized spacial score (nSPS) is 11.0. The summed E-state index contributed by atoms with van der Waals surface area (Å²) in [5, 5.41) is 2.55. The van der Waals surface area contributed by atoms with E-state index in [0.29, 0.717) is 6.54 Å². The Morgan fingerprint density at radius 3 is 2.43 bits per heavy atom. The number of hydrogen-bond donors (Lipinski definition) is 1. The van der Waals surface area contributed by atoms with Gasteiger partial charge in [0.1, 0.15) is 12.4 Å². The van der Waals surface area contributed by atoms with Gasteiger partial charge in [-0.05, 0) is 37.3 Å². The van der Waals surface area contributed by atoms with Crippen molar-refractivity contribution in [3.8, 4) is 0 Å². The Balaban J connectivity index is 2.47. The van der Waals surface area contributed by atoms with E-state index in [0.717, 1.165) is 10.4 Å². The minimum absolute atomic E-state index is 0.0357. The van der Waals surface area contributed by atoms with Gasteiger partial charge in [0, 0.05) is 6.54 Å². The molecule has 0 heterocycles. The highest BCUT2D eigenvalue weighted by Gasteiger charge is 2.27. The molecule has 0 radical (unpaired) electrons. The number of carbonyl (C=O) groups is 1. The Hall–Kier alpha value is -2.41. The average Bonchev–Trinajstić information content (AvgIpc) is 2.53. The van der Waals surface area contributed by atoms with Gasteiger partial charge in [-0.3, -0.25) is 9.10 Å². The number of rotatable bonds is 6. The van der Waals surface area contributed by atoms with Crippen molar-refractivity contribution in [3.63, 3.8) is 0 Å². The van der Waals surface area contributed by atoms with Crippen LogP contribution in [-0.4, -0.2) is 27.4 Å². The van der Waals surface area contributed by atoms with Crippen LogP contribution in [-0.2, 0) is 14.8 Å². The molecule has 7 heteroatoms. The lowest BCUT2D eigenvalue weighted by molar-refractivity contribution is -0.119. The van der Waals surface area contributed by atoms with E-state index < -0.39 is 28.3 Å². The van der Waals surface area contributed by atoms with Crippen molar-refractivity contribution >= 4 is 21.6 Å². The van der Waals surface area contributed by atoms with Crippen LogP contribution in [0.2, 0.25) is 0 Å². The molecule has 0 aromatic heterocycles. The van der Waals surface area contributed by atoms with Gasteiger partial charge >= 0.3 is 0 Å². The number of hydrogen-bond acceptors (Lipinski definition) is 3. The zero-order valence-corrected chi connectivity index (χ0v) is 13.4. The zero-order chi connectivity index (χ0) is 16.9. The van der Waals surface area contributed by atoms with E-state index in [4.69, 9.17) is 0 Å². The minimum atomic E-state index is -3.98. The molecule has 0 aliphatic heterocycles. The fourth-order valence-corrected chi connectivity index (χ4v) is 3.48. The summed E-state index contributed by atoms with van der Waals surface area (Å²) < 4.78 is 40.0. The van der Waals surface area contributed by atoms with Gasteiger partial charge in [0.05, 0.1) is 10.6 Å². The molecule has 2 rings (SSSR count). The van der Waals surface area contributed by atoms with Gasteiger partial charge in [0.2, 0.25) is 5.91 Å². The smallest absolute Gasteiger partial charge is 0.264 e. The van der Waals surface area contributed by atoms with Crippen LogP contribution in [0, 0.1) is 5.82 Å². The van der Waals surface area contributed by atoms with Crippen molar-refractivity contribution in [2.45, 2.75) is 11.8 Å². The molecule has 0 aliphatic rings. The molecule has 5 nitrogen and oxygen atoms in total. The molecule has 23 heavy (non-hydrogen) atoms. The summed E-state index contributed by atoms with van der Waals surface area (Å²) in [5.41, 5.74) is 0.0973. The first-order valence-corrected chi connectivity index (χ1v) is 8.49. The maximum absolute atomic E-state index is 13.5. The fourth-order valence-electron chi connectivity index (χ4n) is 2.05. The molecule has 122 valence electrons. The van der Waals surface area contributed by atoms with Gasteiger partial charge in [0.25, 0.3) is 10.0 Å². The van der Waals surface area contributed by atoms with Crippen molar-refractivity contribution < 1.29 is 17.6 Å². The lowest BCUT2D eigenvalue weighted by Gasteiger charge is -2.24. The predicted octanol–water partition coefficient (Wildman–Crippen LogP) is 2.16. The first kappa shape index (κ1) is 17.0. The maximum Gasteiger partial charge on any atom is 0.264 e. The lowest BCUT2D eigenvalue weighted by Crippen LogP contribution is -2.40. The third kappa shape index (κ3) is 4.07. The molecule has 0 spiro atoms. The minimum Gasteiger partial charge on any atom is -0.355 e. The highest BCUT2D eigenvalue weighted by molar-refractivity contribution is 7.92. The molecule has 0 unspecified atom stereocenters. The molecular weight excluding hydrogens is 319 g/mol. The summed E-state index contributed by atoms with van der Waals surface area (Å²) in [6.45, 7) is 1.69. The van der Waals surface area contributed by atoms with Crippen LogP contribution in [0.25, 0.3) is 0 Å². The second-order valence-electron chi connectivity index (χ2n) is 4.76. The second-order valence-corrected chi connectivity index (χ2v) is 6.62. The van der Waals surface area contributed by atoms with E-state index in [1.54, 1.807) is 25.1 Å². The van der Waals surface area contributed by atoms with Gasteiger partial charge in [-0.2, -0.15) is 0 Å². The monoisotopic (exact) mass is 336 g/mol. The third-order valence-corrected chi connectivity index (χ3v) is 4.88. The summed E-state index contributed by atoms with van der Waals surface area (Å²) in [6.07, 6.45) is 0. The third-order valence-electron chi connectivity index (χ3n) is 3.09. The predicted molar refractivity (Wildman–Crippen MR) is 86.1 cm³/mol. The number of nitrogens with one attached hydrogen (secondary N) is 1. The molecular formula is C16H17FN2O3S. The van der Waals surface area contributed by atoms with Crippen molar-refractivity contribution in [3.05, 3.63) is 60.4 Å². The Morgan fingerprint density at radius 2 is 1.83 bits per heavy atom. The van der Waals surface area contributed by atoms with Gasteiger partial charge in [-0.1, -0.05) is 24.3 Å². The summed E-state index contributed by atoms with van der Waals surface area (Å²) >= 11 is 0. The largest absolute Gasteiger partial charge is 0.355 e. The van der Waals surface area contributed by atoms with Crippen molar-refractivity contribution in [1.29, 1.82) is 0 Å². The van der Waals surface area contributed by atoms with Crippen LogP contribution in [0.15, 0.2) is 59.5 Å². The van der Waals surface area contributed by atoms with Crippen LogP contribution in [0.3, 0.4) is 0 Å². The number of sulfonamides is 1. The number of benzene rings is 2. The Kier molecular flexibility index (Phi) is 5.33. The molecule has 1 N–H and O–H groups in total. The van der Waals surface area contributed by atoms with Gasteiger partial charge in [-0.15, -0.1) is 0 Å². The first-order chi connectivity index (χ1) is 10.9. The summed E-state index contributed by atoms with van der Waals surface area (Å²) in [6, 6.07) is 12.9. The highest BCUT2D eigenvalue weighted by Crippen LogP contribution is 2.24. The fraction of sp³-hybridized carbons (Fsp3) is 0.188. The SMILES string of the molecule is CCNC(=O)CN(c1cccc(F)c1)S(=O)(=O)c1ccccc1. The molecule has 2 aromatic carbocycles. The quantitative estimate of drug-likeness (QED) is 0.879. The summed E-state index contributed by atoms with van der Waals surface area (Å²) in [7, 11) is -3.98. The number of amides is 1. The van der Waals surface area contributed by atoms with Crippen LogP contribution >= 0.6 is 0 Å². The number of carbonyl (C=O) groups excluding carboxylic acids is 1. The number of anilines is 1. The Morgan fingerprint density at radius 1 is 1.13 bits per heavy atom. The lowest BCUT2D eigenvalue weighted by atomic mass is 10.3. The van der Waals surface area contributed by atoms with Gasteiger partial charge < -0.3 is 5.32 Å². The van der Waals surface area contributed by atoms with Crippen LogP contribution in [0.1, 0.15) is 6.92 Å². The topological polar surface area (TPSA) is 66.5 Å². The molecule has 0 fully saturated rings. The second kappa shape index (κ2) is 7.23. The Labute approximate surface area is 134 Å². The van der Waals surface area contributed by atoms with Crippen molar-refractivity contribution in [2.24, 2.45) is 0 Å². The molecule has 0 bridgehead atoms. The van der Waals surface area contributed by atoms with E-state index in [1.165, 1.54) is 30.3 Å². The molecule has 0 aliphatic carbocycles. The van der Waals surface area contributed by atoms with E-state index in [9.17, 15) is 17.6 Å². The highest BCUT2D eigenvalue weighted by atomic mass is 32.2. The van der Waals surface area contributed by atoms with Crippen molar-refractivity contribution in [1.82, 2.24) is 5.32 Å². The van der Waals surface area contributed by atoms with E-state index in [1.807, 2.05) is 0 Å².